The summed E-state index contributed by atoms with van der Waals surface area (Å²) in [6, 6.07) is 13.2. The highest BCUT2D eigenvalue weighted by Gasteiger charge is 2.28. The van der Waals surface area contributed by atoms with Crippen molar-refractivity contribution in [3.63, 3.8) is 0 Å². The lowest BCUT2D eigenvalue weighted by Gasteiger charge is -2.16. The molecule has 0 amide bonds. The lowest BCUT2D eigenvalue weighted by molar-refractivity contribution is 0.481. The van der Waals surface area contributed by atoms with Gasteiger partial charge in [-0.05, 0) is 42.5 Å². The van der Waals surface area contributed by atoms with E-state index in [2.05, 4.69) is 6.07 Å². The summed E-state index contributed by atoms with van der Waals surface area (Å²) in [7, 11) is -4.19. The van der Waals surface area contributed by atoms with Gasteiger partial charge >= 0.3 is 0 Å². The van der Waals surface area contributed by atoms with Crippen LogP contribution in [0.25, 0.3) is 0 Å². The largest absolute Gasteiger partial charge is 0.294 e. The summed E-state index contributed by atoms with van der Waals surface area (Å²) in [5, 5.41) is 0. The molecule has 1 aliphatic rings. The van der Waals surface area contributed by atoms with E-state index in [1.807, 2.05) is 31.2 Å². The molecule has 1 atom stereocenters. The van der Waals surface area contributed by atoms with Crippen LogP contribution in [0.2, 0.25) is 0 Å². The van der Waals surface area contributed by atoms with Gasteiger partial charge in [0, 0.05) is 5.92 Å². The Hall–Kier alpha value is -1.65. The molecule has 0 fully saturated rings. The smallest absolute Gasteiger partial charge is 0.282 e. The van der Waals surface area contributed by atoms with E-state index in [1.54, 1.807) is 6.07 Å². The number of benzene rings is 2. The summed E-state index contributed by atoms with van der Waals surface area (Å²) >= 11 is 0. The number of hydrogen-bond donors (Lipinski definition) is 1. The van der Waals surface area contributed by atoms with Gasteiger partial charge in [-0.2, -0.15) is 8.42 Å². The third-order valence-electron chi connectivity index (χ3n) is 3.95. The topological polar surface area (TPSA) is 54.4 Å². The van der Waals surface area contributed by atoms with Gasteiger partial charge in [-0.25, -0.2) is 0 Å². The van der Waals surface area contributed by atoms with Gasteiger partial charge in [0.1, 0.15) is 0 Å². The molecular formula is C16H16O3S. The first-order valence-electron chi connectivity index (χ1n) is 6.62. The molecule has 0 saturated carbocycles. The molecular weight excluding hydrogens is 272 g/mol. The zero-order valence-electron chi connectivity index (χ0n) is 11.2. The first kappa shape index (κ1) is 13.3. The van der Waals surface area contributed by atoms with Gasteiger partial charge in [-0.3, -0.25) is 4.55 Å². The van der Waals surface area contributed by atoms with Crippen LogP contribution in [0.1, 0.15) is 34.6 Å². The van der Waals surface area contributed by atoms with Crippen LogP contribution in [0.4, 0.5) is 0 Å². The predicted molar refractivity (Wildman–Crippen MR) is 77.6 cm³/mol. The van der Waals surface area contributed by atoms with Crippen LogP contribution in [0.3, 0.4) is 0 Å². The Morgan fingerprint density at radius 1 is 1.10 bits per heavy atom. The van der Waals surface area contributed by atoms with Gasteiger partial charge < -0.3 is 0 Å². The molecule has 0 aliphatic heterocycles. The Morgan fingerprint density at radius 2 is 1.85 bits per heavy atom. The highest BCUT2D eigenvalue weighted by atomic mass is 32.2. The zero-order chi connectivity index (χ0) is 14.3. The molecule has 0 saturated heterocycles. The number of hydrogen-bond acceptors (Lipinski definition) is 2. The first-order valence-corrected chi connectivity index (χ1v) is 8.06. The minimum atomic E-state index is -4.19. The van der Waals surface area contributed by atoms with Gasteiger partial charge in [0.2, 0.25) is 0 Å². The molecule has 2 aromatic carbocycles. The van der Waals surface area contributed by atoms with E-state index in [1.165, 1.54) is 17.2 Å². The maximum atomic E-state index is 11.6. The van der Waals surface area contributed by atoms with Crippen molar-refractivity contribution in [1.82, 2.24) is 0 Å². The molecule has 2 aromatic rings. The summed E-state index contributed by atoms with van der Waals surface area (Å²) in [5.74, 6) is 0.0445. The lowest BCUT2D eigenvalue weighted by atomic mass is 9.92. The fourth-order valence-electron chi connectivity index (χ4n) is 3.06. The van der Waals surface area contributed by atoms with Gasteiger partial charge in [0.15, 0.2) is 0 Å². The fourth-order valence-corrected chi connectivity index (χ4v) is 3.79. The molecule has 0 spiro atoms. The molecule has 3 nitrogen and oxygen atoms in total. The molecule has 0 radical (unpaired) electrons. The Bertz CT molecular complexity index is 763. The van der Waals surface area contributed by atoms with Crippen LogP contribution in [0, 0.1) is 6.92 Å². The second kappa shape index (κ2) is 4.72. The number of aryl methyl sites for hydroxylation is 2. The van der Waals surface area contributed by atoms with E-state index < -0.39 is 10.1 Å². The molecule has 1 N–H and O–H groups in total. The predicted octanol–water partition coefficient (Wildman–Crippen LogP) is 3.32. The monoisotopic (exact) mass is 288 g/mol. The molecule has 3 rings (SSSR count). The third-order valence-corrected chi connectivity index (χ3v) is 4.88. The Morgan fingerprint density at radius 3 is 2.60 bits per heavy atom. The second-order valence-corrected chi connectivity index (χ2v) is 6.70. The maximum absolute atomic E-state index is 11.6. The van der Waals surface area contributed by atoms with Crippen LogP contribution in [0.15, 0.2) is 47.4 Å². The van der Waals surface area contributed by atoms with Crippen molar-refractivity contribution in [2.24, 2.45) is 0 Å². The van der Waals surface area contributed by atoms with Crippen molar-refractivity contribution in [1.29, 1.82) is 0 Å². The molecule has 104 valence electrons. The molecule has 1 aliphatic carbocycles. The highest BCUT2D eigenvalue weighted by Crippen LogP contribution is 2.40. The van der Waals surface area contributed by atoms with E-state index in [9.17, 15) is 13.0 Å². The second-order valence-electron chi connectivity index (χ2n) is 5.31. The first-order chi connectivity index (χ1) is 9.47. The number of rotatable bonds is 2. The van der Waals surface area contributed by atoms with E-state index in [-0.39, 0.29) is 10.8 Å². The van der Waals surface area contributed by atoms with Gasteiger partial charge in [0.05, 0.1) is 4.90 Å². The summed E-state index contributed by atoms with van der Waals surface area (Å²) < 4.78 is 32.6. The highest BCUT2D eigenvalue weighted by molar-refractivity contribution is 7.85. The van der Waals surface area contributed by atoms with Gasteiger partial charge in [-0.15, -0.1) is 0 Å². The third kappa shape index (κ3) is 2.25. The van der Waals surface area contributed by atoms with E-state index >= 15 is 0 Å². The molecule has 20 heavy (non-hydrogen) atoms. The Labute approximate surface area is 119 Å². The minimum absolute atomic E-state index is 0.0322. The average Bonchev–Trinajstić information content (AvgIpc) is 2.80. The van der Waals surface area contributed by atoms with Crippen molar-refractivity contribution in [3.8, 4) is 0 Å². The maximum Gasteiger partial charge on any atom is 0.294 e. The molecule has 0 aromatic heterocycles. The average molecular weight is 288 g/mol. The summed E-state index contributed by atoms with van der Waals surface area (Å²) in [5.41, 5.74) is 4.14. The van der Waals surface area contributed by atoms with E-state index in [0.29, 0.717) is 5.56 Å². The van der Waals surface area contributed by atoms with Gasteiger partial charge in [0.25, 0.3) is 10.1 Å². The Balaban J connectivity index is 2.19. The standard InChI is InChI=1S/C16H16O3S/c1-11-6-9-16(20(17,18)19)15(10-11)14-8-7-12-4-2-3-5-13(12)14/h2-6,9-10,14H,7-8H2,1H3,(H,17,18,19). The minimum Gasteiger partial charge on any atom is -0.282 e. The SMILES string of the molecule is Cc1ccc(S(=O)(=O)O)c(C2CCc3ccccc32)c1. The zero-order valence-corrected chi connectivity index (χ0v) is 12.0. The van der Waals surface area contributed by atoms with Crippen LogP contribution < -0.4 is 0 Å². The van der Waals surface area contributed by atoms with Crippen LogP contribution in [-0.2, 0) is 16.5 Å². The summed E-state index contributed by atoms with van der Waals surface area (Å²) in [6.45, 7) is 1.93. The van der Waals surface area contributed by atoms with Crippen molar-refractivity contribution < 1.29 is 13.0 Å². The van der Waals surface area contributed by atoms with Crippen molar-refractivity contribution >= 4 is 10.1 Å². The van der Waals surface area contributed by atoms with Crippen LogP contribution in [0.5, 0.6) is 0 Å². The number of fused-ring (bicyclic) bond motifs is 1. The molecule has 1 unspecified atom stereocenters. The van der Waals surface area contributed by atoms with Gasteiger partial charge in [-0.1, -0.05) is 42.0 Å². The molecule has 4 heteroatoms. The van der Waals surface area contributed by atoms with Crippen LogP contribution in [-0.4, -0.2) is 13.0 Å². The van der Waals surface area contributed by atoms with Crippen LogP contribution >= 0.6 is 0 Å². The molecule has 0 heterocycles. The van der Waals surface area contributed by atoms with E-state index in [4.69, 9.17) is 0 Å². The summed E-state index contributed by atoms with van der Waals surface area (Å²) in [4.78, 5) is 0.0322. The van der Waals surface area contributed by atoms with E-state index in [0.717, 1.165) is 18.4 Å². The molecule has 0 bridgehead atoms. The Kier molecular flexibility index (Phi) is 3.15. The van der Waals surface area contributed by atoms with Crippen molar-refractivity contribution in [3.05, 3.63) is 64.7 Å². The fraction of sp³-hybridized carbons (Fsp3) is 0.250. The lowest BCUT2D eigenvalue weighted by Crippen LogP contribution is -2.07. The van der Waals surface area contributed by atoms with Crippen molar-refractivity contribution in [2.75, 3.05) is 0 Å². The van der Waals surface area contributed by atoms with Crippen molar-refractivity contribution in [2.45, 2.75) is 30.6 Å². The quantitative estimate of drug-likeness (QED) is 0.862. The normalized spacial score (nSPS) is 18.0. The summed E-state index contributed by atoms with van der Waals surface area (Å²) in [6.07, 6.45) is 1.82.